The van der Waals surface area contributed by atoms with Gasteiger partial charge in [-0.3, -0.25) is 4.79 Å². The summed E-state index contributed by atoms with van der Waals surface area (Å²) in [5, 5.41) is 2.60. The predicted molar refractivity (Wildman–Crippen MR) is 113 cm³/mol. The summed E-state index contributed by atoms with van der Waals surface area (Å²) in [6.07, 6.45) is 0. The van der Waals surface area contributed by atoms with E-state index in [-0.39, 0.29) is 12.4 Å². The highest BCUT2D eigenvalue weighted by Crippen LogP contribution is 2.29. The number of hydrogen-bond acceptors (Lipinski definition) is 5. The minimum atomic E-state index is -0.476. The van der Waals surface area contributed by atoms with Crippen LogP contribution in [0.3, 0.4) is 0 Å². The van der Waals surface area contributed by atoms with E-state index in [9.17, 15) is 9.59 Å². The Balaban J connectivity index is 1.62. The Morgan fingerprint density at radius 3 is 2.41 bits per heavy atom. The van der Waals surface area contributed by atoms with Crippen LogP contribution in [0, 0.1) is 0 Å². The van der Waals surface area contributed by atoms with Crippen molar-refractivity contribution in [3.63, 3.8) is 0 Å². The standard InChI is InChI=1S/C22H14Cl2O5/c1-27-13-3-5-15-16-6-4-14(10-21(16)29-22(26)17(15)9-13)28-11-20(25)12-2-7-18(23)19(24)8-12/h2-10H,11H2,1H3. The molecule has 5 nitrogen and oxygen atoms in total. The maximum atomic E-state index is 12.3. The lowest BCUT2D eigenvalue weighted by atomic mass is 10.1. The molecule has 0 saturated carbocycles. The number of hydrogen-bond donors (Lipinski definition) is 0. The van der Waals surface area contributed by atoms with Gasteiger partial charge in [-0.1, -0.05) is 23.2 Å². The maximum absolute atomic E-state index is 12.3. The molecule has 0 unspecified atom stereocenters. The van der Waals surface area contributed by atoms with Crippen LogP contribution in [0.1, 0.15) is 10.4 Å². The summed E-state index contributed by atoms with van der Waals surface area (Å²) < 4.78 is 16.2. The van der Waals surface area contributed by atoms with E-state index in [0.29, 0.717) is 38.1 Å². The summed E-state index contributed by atoms with van der Waals surface area (Å²) in [6.45, 7) is -0.196. The summed E-state index contributed by atoms with van der Waals surface area (Å²) in [5.74, 6) is 0.725. The molecular formula is C22H14Cl2O5. The molecule has 7 heteroatoms. The minimum Gasteiger partial charge on any atom is -0.497 e. The first kappa shape index (κ1) is 19.3. The lowest BCUT2D eigenvalue weighted by molar-refractivity contribution is 0.0921. The Morgan fingerprint density at radius 1 is 0.897 bits per heavy atom. The normalized spacial score (nSPS) is 11.0. The van der Waals surface area contributed by atoms with Crippen LogP contribution in [0.5, 0.6) is 11.5 Å². The Morgan fingerprint density at radius 2 is 1.66 bits per heavy atom. The maximum Gasteiger partial charge on any atom is 0.344 e. The van der Waals surface area contributed by atoms with E-state index in [0.717, 1.165) is 10.8 Å². The van der Waals surface area contributed by atoms with Gasteiger partial charge in [0, 0.05) is 22.4 Å². The van der Waals surface area contributed by atoms with Crippen LogP contribution in [0.15, 0.2) is 63.8 Å². The molecule has 1 heterocycles. The fourth-order valence-electron chi connectivity index (χ4n) is 3.01. The van der Waals surface area contributed by atoms with Crippen LogP contribution in [0.2, 0.25) is 10.0 Å². The summed E-state index contributed by atoms with van der Waals surface area (Å²) in [5.41, 5.74) is 0.286. The Hall–Kier alpha value is -3.02. The number of halogens is 2. The van der Waals surface area contributed by atoms with Gasteiger partial charge in [-0.25, -0.2) is 4.79 Å². The molecule has 3 aromatic carbocycles. The monoisotopic (exact) mass is 428 g/mol. The molecule has 0 amide bonds. The molecule has 0 bridgehead atoms. The summed E-state index contributed by atoms with van der Waals surface area (Å²) in [6, 6.07) is 14.9. The second-order valence-corrected chi connectivity index (χ2v) is 7.11. The number of carbonyl (C=O) groups excluding carboxylic acids is 1. The van der Waals surface area contributed by atoms with E-state index in [1.807, 2.05) is 6.07 Å². The molecule has 0 spiro atoms. The average molecular weight is 429 g/mol. The van der Waals surface area contributed by atoms with Crippen molar-refractivity contribution < 1.29 is 18.7 Å². The van der Waals surface area contributed by atoms with E-state index < -0.39 is 5.63 Å². The van der Waals surface area contributed by atoms with Gasteiger partial charge in [0.15, 0.2) is 12.4 Å². The molecular weight excluding hydrogens is 415 g/mol. The second-order valence-electron chi connectivity index (χ2n) is 6.30. The van der Waals surface area contributed by atoms with E-state index in [1.165, 1.54) is 13.2 Å². The molecule has 0 radical (unpaired) electrons. The molecule has 0 N–H and O–H groups in total. The molecule has 0 aliphatic carbocycles. The van der Waals surface area contributed by atoms with Gasteiger partial charge in [0.05, 0.1) is 22.5 Å². The van der Waals surface area contributed by atoms with Gasteiger partial charge >= 0.3 is 5.63 Å². The van der Waals surface area contributed by atoms with Gasteiger partial charge in [-0.2, -0.15) is 0 Å². The van der Waals surface area contributed by atoms with Crippen molar-refractivity contribution in [2.45, 2.75) is 0 Å². The summed E-state index contributed by atoms with van der Waals surface area (Å²) >= 11 is 11.8. The van der Waals surface area contributed by atoms with Gasteiger partial charge in [0.25, 0.3) is 0 Å². The molecule has 0 atom stereocenters. The van der Waals surface area contributed by atoms with Gasteiger partial charge < -0.3 is 13.9 Å². The average Bonchev–Trinajstić information content (AvgIpc) is 2.73. The fourth-order valence-corrected chi connectivity index (χ4v) is 3.31. The van der Waals surface area contributed by atoms with Gasteiger partial charge in [-0.05, 0) is 48.5 Å². The number of ether oxygens (including phenoxy) is 2. The molecule has 0 fully saturated rings. The van der Waals surface area contributed by atoms with Crippen molar-refractivity contribution in [3.05, 3.63) is 80.6 Å². The third kappa shape index (κ3) is 3.79. The number of benzene rings is 3. The summed E-state index contributed by atoms with van der Waals surface area (Å²) in [4.78, 5) is 24.7. The van der Waals surface area contributed by atoms with Crippen LogP contribution in [0.25, 0.3) is 21.7 Å². The van der Waals surface area contributed by atoms with Crippen molar-refractivity contribution in [1.29, 1.82) is 0 Å². The highest BCUT2D eigenvalue weighted by atomic mass is 35.5. The molecule has 146 valence electrons. The molecule has 29 heavy (non-hydrogen) atoms. The molecule has 4 aromatic rings. The fraction of sp³-hybridized carbons (Fsp3) is 0.0909. The quantitative estimate of drug-likeness (QED) is 0.237. The zero-order valence-corrected chi connectivity index (χ0v) is 16.7. The third-order valence-corrected chi connectivity index (χ3v) is 5.24. The number of Topliss-reactive ketones (excluding diaryl/α,β-unsaturated/α-hetero) is 1. The molecule has 0 aliphatic rings. The van der Waals surface area contributed by atoms with Crippen molar-refractivity contribution in [2.24, 2.45) is 0 Å². The number of methoxy groups -OCH3 is 1. The van der Waals surface area contributed by atoms with E-state index in [4.69, 9.17) is 37.1 Å². The van der Waals surface area contributed by atoms with Crippen LogP contribution in [-0.4, -0.2) is 19.5 Å². The van der Waals surface area contributed by atoms with Crippen molar-refractivity contribution >= 4 is 50.7 Å². The lowest BCUT2D eigenvalue weighted by Gasteiger charge is -2.09. The van der Waals surface area contributed by atoms with Crippen molar-refractivity contribution in [2.75, 3.05) is 13.7 Å². The Bertz CT molecular complexity index is 1310. The van der Waals surface area contributed by atoms with Crippen LogP contribution in [-0.2, 0) is 0 Å². The van der Waals surface area contributed by atoms with Crippen LogP contribution < -0.4 is 15.1 Å². The lowest BCUT2D eigenvalue weighted by Crippen LogP contribution is -2.11. The number of rotatable bonds is 5. The zero-order chi connectivity index (χ0) is 20.5. The number of ketones is 1. The molecule has 4 rings (SSSR count). The van der Waals surface area contributed by atoms with E-state index in [1.54, 1.807) is 42.5 Å². The molecule has 1 aromatic heterocycles. The second kappa shape index (κ2) is 7.78. The highest BCUT2D eigenvalue weighted by molar-refractivity contribution is 6.42. The Kier molecular flexibility index (Phi) is 5.18. The number of fused-ring (bicyclic) bond motifs is 3. The first-order chi connectivity index (χ1) is 14.0. The van der Waals surface area contributed by atoms with Gasteiger partial charge in [0.2, 0.25) is 0 Å². The third-order valence-electron chi connectivity index (χ3n) is 4.50. The smallest absolute Gasteiger partial charge is 0.344 e. The zero-order valence-electron chi connectivity index (χ0n) is 15.2. The van der Waals surface area contributed by atoms with E-state index >= 15 is 0 Å². The SMILES string of the molecule is COc1ccc2c(c1)c(=O)oc1cc(OCC(=O)c3ccc(Cl)c(Cl)c3)ccc12. The van der Waals surface area contributed by atoms with Gasteiger partial charge in [0.1, 0.15) is 17.1 Å². The Labute approximate surface area is 175 Å². The highest BCUT2D eigenvalue weighted by Gasteiger charge is 2.12. The van der Waals surface area contributed by atoms with Crippen molar-refractivity contribution in [3.8, 4) is 11.5 Å². The summed E-state index contributed by atoms with van der Waals surface area (Å²) in [7, 11) is 1.53. The first-order valence-corrected chi connectivity index (χ1v) is 9.37. The van der Waals surface area contributed by atoms with Crippen LogP contribution in [0.4, 0.5) is 0 Å². The number of carbonyl (C=O) groups is 1. The largest absolute Gasteiger partial charge is 0.497 e. The van der Waals surface area contributed by atoms with Gasteiger partial charge in [-0.15, -0.1) is 0 Å². The topological polar surface area (TPSA) is 65.7 Å². The predicted octanol–water partition coefficient (Wildman–Crippen LogP) is 5.52. The van der Waals surface area contributed by atoms with Crippen molar-refractivity contribution in [1.82, 2.24) is 0 Å². The first-order valence-electron chi connectivity index (χ1n) is 8.62. The minimum absolute atomic E-state index is 0.196. The molecule has 0 aliphatic heterocycles. The van der Waals surface area contributed by atoms with E-state index in [2.05, 4.69) is 0 Å². The molecule has 0 saturated heterocycles. The van der Waals surface area contributed by atoms with Crippen LogP contribution >= 0.6 is 23.2 Å².